The van der Waals surface area contributed by atoms with Gasteiger partial charge in [0.05, 0.1) is 6.20 Å². The maximum absolute atomic E-state index is 4.71. The number of aryl methyl sites for hydroxylation is 1. The third-order valence-corrected chi connectivity index (χ3v) is 3.66. The van der Waals surface area contributed by atoms with Crippen LogP contribution in [0.15, 0.2) is 67.4 Å². The summed E-state index contributed by atoms with van der Waals surface area (Å²) < 4.78 is 2.01. The normalized spacial score (nSPS) is 10.8. The molecule has 3 aromatic heterocycles. The zero-order valence-corrected chi connectivity index (χ0v) is 12.6. The van der Waals surface area contributed by atoms with E-state index in [1.807, 2.05) is 34.9 Å². The molecule has 0 atom stereocenters. The fourth-order valence-corrected chi connectivity index (χ4v) is 2.60. The third kappa shape index (κ3) is 2.53. The first-order chi connectivity index (χ1) is 11.3. The number of aromatic nitrogens is 4. The Kier molecular flexibility index (Phi) is 3.24. The zero-order chi connectivity index (χ0) is 15.6. The van der Waals surface area contributed by atoms with Crippen molar-refractivity contribution >= 4 is 17.2 Å². The highest BCUT2D eigenvalue weighted by molar-refractivity contribution is 5.79. The van der Waals surface area contributed by atoms with E-state index in [4.69, 9.17) is 4.98 Å². The molecule has 112 valence electrons. The minimum atomic E-state index is 0.800. The molecule has 3 heterocycles. The number of hydrogen-bond donors (Lipinski definition) is 1. The van der Waals surface area contributed by atoms with Crippen LogP contribution in [-0.4, -0.2) is 19.4 Å². The Morgan fingerprint density at radius 1 is 1.00 bits per heavy atom. The second-order valence-corrected chi connectivity index (χ2v) is 5.34. The quantitative estimate of drug-likeness (QED) is 0.624. The molecule has 0 spiro atoms. The summed E-state index contributed by atoms with van der Waals surface area (Å²) in [7, 11) is 0. The number of hydrogen-bond acceptors (Lipinski definition) is 4. The Balaban J connectivity index is 1.89. The van der Waals surface area contributed by atoms with Gasteiger partial charge >= 0.3 is 0 Å². The largest absolute Gasteiger partial charge is 0.339 e. The molecule has 0 bridgehead atoms. The van der Waals surface area contributed by atoms with Gasteiger partial charge in [0.1, 0.15) is 11.5 Å². The molecular formula is C18H15N5. The van der Waals surface area contributed by atoms with Crippen LogP contribution in [0.5, 0.6) is 0 Å². The van der Waals surface area contributed by atoms with Crippen molar-refractivity contribution in [2.24, 2.45) is 0 Å². The molecule has 0 saturated heterocycles. The van der Waals surface area contributed by atoms with E-state index in [0.717, 1.165) is 28.4 Å². The predicted molar refractivity (Wildman–Crippen MR) is 90.7 cm³/mol. The minimum absolute atomic E-state index is 0.800. The van der Waals surface area contributed by atoms with Crippen LogP contribution < -0.4 is 5.32 Å². The molecule has 0 amide bonds. The van der Waals surface area contributed by atoms with Gasteiger partial charge in [-0.1, -0.05) is 12.1 Å². The van der Waals surface area contributed by atoms with Crippen LogP contribution in [0.4, 0.5) is 11.5 Å². The van der Waals surface area contributed by atoms with Crippen molar-refractivity contribution in [2.75, 3.05) is 5.32 Å². The van der Waals surface area contributed by atoms with Gasteiger partial charge in [-0.05, 0) is 36.8 Å². The highest BCUT2D eigenvalue weighted by Gasteiger charge is 2.14. The van der Waals surface area contributed by atoms with Gasteiger partial charge in [0.2, 0.25) is 0 Å². The fraction of sp³-hybridized carbons (Fsp3) is 0.0556. The van der Waals surface area contributed by atoms with Crippen LogP contribution >= 0.6 is 0 Å². The summed E-state index contributed by atoms with van der Waals surface area (Å²) in [6.45, 7) is 2.08. The van der Waals surface area contributed by atoms with E-state index in [-0.39, 0.29) is 0 Å². The summed E-state index contributed by atoms with van der Waals surface area (Å²) in [5.41, 5.74) is 4.92. The molecule has 1 N–H and O–H groups in total. The lowest BCUT2D eigenvalue weighted by atomic mass is 10.2. The van der Waals surface area contributed by atoms with Gasteiger partial charge in [-0.15, -0.1) is 0 Å². The van der Waals surface area contributed by atoms with Crippen molar-refractivity contribution in [1.29, 1.82) is 0 Å². The summed E-state index contributed by atoms with van der Waals surface area (Å²) in [4.78, 5) is 13.0. The van der Waals surface area contributed by atoms with Crippen molar-refractivity contribution < 1.29 is 0 Å². The molecule has 0 fully saturated rings. The molecule has 0 radical (unpaired) electrons. The average molecular weight is 301 g/mol. The first-order valence-corrected chi connectivity index (χ1v) is 7.37. The summed E-state index contributed by atoms with van der Waals surface area (Å²) >= 11 is 0. The molecule has 0 aliphatic heterocycles. The maximum atomic E-state index is 4.71. The smallest absolute Gasteiger partial charge is 0.157 e. The van der Waals surface area contributed by atoms with E-state index in [1.165, 1.54) is 5.56 Å². The lowest BCUT2D eigenvalue weighted by Crippen LogP contribution is -1.97. The van der Waals surface area contributed by atoms with Crippen LogP contribution in [0, 0.1) is 6.92 Å². The van der Waals surface area contributed by atoms with Crippen molar-refractivity contribution in [3.05, 3.63) is 72.9 Å². The van der Waals surface area contributed by atoms with Crippen LogP contribution in [0.3, 0.4) is 0 Å². The van der Waals surface area contributed by atoms with E-state index in [2.05, 4.69) is 34.3 Å². The van der Waals surface area contributed by atoms with Gasteiger partial charge in [-0.3, -0.25) is 14.4 Å². The van der Waals surface area contributed by atoms with Gasteiger partial charge in [0.15, 0.2) is 5.65 Å². The first-order valence-electron chi connectivity index (χ1n) is 7.37. The highest BCUT2D eigenvalue weighted by atomic mass is 15.1. The predicted octanol–water partition coefficient (Wildman–Crippen LogP) is 3.84. The van der Waals surface area contributed by atoms with Crippen LogP contribution in [0.2, 0.25) is 0 Å². The van der Waals surface area contributed by atoms with Crippen molar-refractivity contribution in [3.8, 4) is 11.3 Å². The first kappa shape index (κ1) is 13.5. The molecule has 4 rings (SSSR count). The lowest BCUT2D eigenvalue weighted by Gasteiger charge is -2.09. The molecule has 5 nitrogen and oxygen atoms in total. The molecule has 23 heavy (non-hydrogen) atoms. The van der Waals surface area contributed by atoms with Gasteiger partial charge in [0.25, 0.3) is 0 Å². The highest BCUT2D eigenvalue weighted by Crippen LogP contribution is 2.30. The molecular weight excluding hydrogens is 286 g/mol. The number of rotatable bonds is 3. The number of fused-ring (bicyclic) bond motifs is 1. The van der Waals surface area contributed by atoms with Crippen molar-refractivity contribution in [1.82, 2.24) is 19.4 Å². The number of pyridine rings is 1. The van der Waals surface area contributed by atoms with Gasteiger partial charge in [0, 0.05) is 36.0 Å². The lowest BCUT2D eigenvalue weighted by molar-refractivity contribution is 1.13. The third-order valence-electron chi connectivity index (χ3n) is 3.66. The molecule has 0 aliphatic carbocycles. The Bertz CT molecular complexity index is 959. The summed E-state index contributed by atoms with van der Waals surface area (Å²) in [6, 6.07) is 12.2. The maximum Gasteiger partial charge on any atom is 0.157 e. The minimum Gasteiger partial charge on any atom is -0.339 e. The van der Waals surface area contributed by atoms with E-state index in [0.29, 0.717) is 0 Å². The summed E-state index contributed by atoms with van der Waals surface area (Å²) in [5, 5.41) is 3.49. The molecule has 5 heteroatoms. The standard InChI is InChI=1S/C18H15N5/c1-13-3-2-4-15(11-13)21-18-17(14-5-7-19-8-6-14)22-16-12-20-9-10-23(16)18/h2-12,21H,1H3. The van der Waals surface area contributed by atoms with Crippen molar-refractivity contribution in [2.45, 2.75) is 6.92 Å². The second kappa shape index (κ2) is 5.53. The Hall–Kier alpha value is -3.21. The number of benzene rings is 1. The SMILES string of the molecule is Cc1cccc(Nc2c(-c3ccncc3)nc3cnccn23)c1. The summed E-state index contributed by atoms with van der Waals surface area (Å²) in [5.74, 6) is 0.916. The van der Waals surface area contributed by atoms with Gasteiger partial charge in [-0.2, -0.15) is 0 Å². The number of anilines is 2. The molecule has 1 aromatic carbocycles. The summed E-state index contributed by atoms with van der Waals surface area (Å²) in [6.07, 6.45) is 8.96. The Morgan fingerprint density at radius 3 is 2.70 bits per heavy atom. The number of nitrogens with one attached hydrogen (secondary N) is 1. The monoisotopic (exact) mass is 301 g/mol. The van der Waals surface area contributed by atoms with E-state index in [1.54, 1.807) is 24.8 Å². The van der Waals surface area contributed by atoms with E-state index < -0.39 is 0 Å². The fourth-order valence-electron chi connectivity index (χ4n) is 2.60. The molecule has 4 aromatic rings. The Labute approximate surface area is 133 Å². The van der Waals surface area contributed by atoms with Crippen LogP contribution in [0.1, 0.15) is 5.56 Å². The molecule has 0 saturated carbocycles. The average Bonchev–Trinajstić information content (AvgIpc) is 2.95. The zero-order valence-electron chi connectivity index (χ0n) is 12.6. The molecule has 0 aliphatic rings. The van der Waals surface area contributed by atoms with E-state index >= 15 is 0 Å². The second-order valence-electron chi connectivity index (χ2n) is 5.34. The number of imidazole rings is 1. The van der Waals surface area contributed by atoms with Crippen LogP contribution in [-0.2, 0) is 0 Å². The topological polar surface area (TPSA) is 55.1 Å². The Morgan fingerprint density at radius 2 is 1.87 bits per heavy atom. The number of nitrogens with zero attached hydrogens (tertiary/aromatic N) is 4. The van der Waals surface area contributed by atoms with Gasteiger partial charge in [-0.25, -0.2) is 4.98 Å². The van der Waals surface area contributed by atoms with Crippen LogP contribution in [0.25, 0.3) is 16.9 Å². The van der Waals surface area contributed by atoms with Gasteiger partial charge < -0.3 is 5.32 Å². The van der Waals surface area contributed by atoms with E-state index in [9.17, 15) is 0 Å². The van der Waals surface area contributed by atoms with Crippen molar-refractivity contribution in [3.63, 3.8) is 0 Å². The molecule has 0 unspecified atom stereocenters.